The SMILES string of the molecule is COc1cc(-c2noc(CC(N)C(=O)Nc3ccccc3C(=O)O)n2)ccc1F. The quantitative estimate of drug-likeness (QED) is 0.548. The molecule has 29 heavy (non-hydrogen) atoms. The molecule has 0 aliphatic carbocycles. The van der Waals surface area contributed by atoms with E-state index in [2.05, 4.69) is 15.5 Å². The number of halogens is 1. The van der Waals surface area contributed by atoms with Crippen molar-refractivity contribution in [2.45, 2.75) is 12.5 Å². The van der Waals surface area contributed by atoms with Gasteiger partial charge in [-0.1, -0.05) is 17.3 Å². The Kier molecular flexibility index (Phi) is 5.84. The van der Waals surface area contributed by atoms with Crippen LogP contribution >= 0.6 is 0 Å². The smallest absolute Gasteiger partial charge is 0.337 e. The van der Waals surface area contributed by atoms with E-state index in [0.717, 1.165) is 0 Å². The number of carboxylic acid groups (broad SMARTS) is 1. The molecule has 2 aromatic carbocycles. The Morgan fingerprint density at radius 1 is 1.31 bits per heavy atom. The molecule has 0 aliphatic rings. The molecule has 0 saturated heterocycles. The van der Waals surface area contributed by atoms with E-state index in [4.69, 9.17) is 20.1 Å². The van der Waals surface area contributed by atoms with Crippen molar-refractivity contribution in [3.8, 4) is 17.1 Å². The molecule has 0 bridgehead atoms. The predicted octanol–water partition coefficient (Wildman–Crippen LogP) is 2.09. The topological polar surface area (TPSA) is 141 Å². The van der Waals surface area contributed by atoms with E-state index < -0.39 is 23.7 Å². The summed E-state index contributed by atoms with van der Waals surface area (Å²) in [6, 6.07) is 8.99. The Balaban J connectivity index is 1.69. The first-order valence-electron chi connectivity index (χ1n) is 8.44. The number of amides is 1. The van der Waals surface area contributed by atoms with Crippen LogP contribution in [-0.4, -0.2) is 40.3 Å². The number of aromatic carboxylic acids is 1. The van der Waals surface area contributed by atoms with Crippen LogP contribution in [0.2, 0.25) is 0 Å². The van der Waals surface area contributed by atoms with Crippen LogP contribution in [0.1, 0.15) is 16.2 Å². The van der Waals surface area contributed by atoms with Gasteiger partial charge in [-0.05, 0) is 30.3 Å². The average Bonchev–Trinajstić information content (AvgIpc) is 3.17. The molecule has 1 heterocycles. The minimum absolute atomic E-state index is 0.0297. The number of nitrogens with two attached hydrogens (primary N) is 1. The average molecular weight is 400 g/mol. The molecule has 0 saturated carbocycles. The number of anilines is 1. The summed E-state index contributed by atoms with van der Waals surface area (Å²) in [7, 11) is 1.34. The zero-order chi connectivity index (χ0) is 21.0. The number of aromatic nitrogens is 2. The molecule has 10 heteroatoms. The second-order valence-corrected chi connectivity index (χ2v) is 6.01. The number of ether oxygens (including phenoxy) is 1. The second kappa shape index (κ2) is 8.48. The lowest BCUT2D eigenvalue weighted by atomic mass is 10.1. The zero-order valence-electron chi connectivity index (χ0n) is 15.3. The van der Waals surface area contributed by atoms with Crippen LogP contribution in [0.3, 0.4) is 0 Å². The minimum Gasteiger partial charge on any atom is -0.494 e. The molecule has 3 rings (SSSR count). The standard InChI is InChI=1S/C19H17FN4O5/c1-28-15-8-10(6-7-12(15)20)17-23-16(29-24-17)9-13(21)18(25)22-14-5-3-2-4-11(14)19(26)27/h2-8,13H,9,21H2,1H3,(H,22,25)(H,26,27). The predicted molar refractivity (Wildman–Crippen MR) is 100.0 cm³/mol. The number of carboxylic acids is 1. The van der Waals surface area contributed by atoms with Crippen molar-refractivity contribution in [2.24, 2.45) is 5.73 Å². The molecule has 4 N–H and O–H groups in total. The number of hydrogen-bond acceptors (Lipinski definition) is 7. The first-order valence-corrected chi connectivity index (χ1v) is 8.44. The van der Waals surface area contributed by atoms with Crippen LogP contribution < -0.4 is 15.8 Å². The Morgan fingerprint density at radius 3 is 2.79 bits per heavy atom. The Bertz CT molecular complexity index is 1050. The van der Waals surface area contributed by atoms with E-state index in [1.54, 1.807) is 12.1 Å². The number of hydrogen-bond donors (Lipinski definition) is 3. The summed E-state index contributed by atoms with van der Waals surface area (Å²) < 4.78 is 23.5. The lowest BCUT2D eigenvalue weighted by molar-refractivity contribution is -0.117. The molecule has 1 atom stereocenters. The van der Waals surface area contributed by atoms with Crippen LogP contribution in [0.15, 0.2) is 47.0 Å². The number of rotatable bonds is 7. The maximum atomic E-state index is 13.5. The van der Waals surface area contributed by atoms with E-state index in [1.165, 1.54) is 37.4 Å². The molecular weight excluding hydrogens is 383 g/mol. The normalized spacial score (nSPS) is 11.7. The number of carbonyl (C=O) groups excluding carboxylic acids is 1. The fraction of sp³-hybridized carbons (Fsp3) is 0.158. The molecule has 3 aromatic rings. The molecule has 1 aromatic heterocycles. The van der Waals surface area contributed by atoms with Crippen LogP contribution in [0, 0.1) is 5.82 Å². The van der Waals surface area contributed by atoms with E-state index >= 15 is 0 Å². The monoisotopic (exact) mass is 400 g/mol. The molecule has 0 spiro atoms. The van der Waals surface area contributed by atoms with Gasteiger partial charge in [-0.25, -0.2) is 9.18 Å². The van der Waals surface area contributed by atoms with E-state index in [-0.39, 0.29) is 35.1 Å². The highest BCUT2D eigenvalue weighted by atomic mass is 19.1. The van der Waals surface area contributed by atoms with Crippen molar-refractivity contribution in [1.29, 1.82) is 0 Å². The minimum atomic E-state index is -1.18. The first kappa shape index (κ1) is 20.0. The van der Waals surface area contributed by atoms with Crippen LogP contribution in [0.4, 0.5) is 10.1 Å². The van der Waals surface area contributed by atoms with Gasteiger partial charge in [0, 0.05) is 5.56 Å². The van der Waals surface area contributed by atoms with Gasteiger partial charge in [0.05, 0.1) is 30.8 Å². The van der Waals surface area contributed by atoms with Gasteiger partial charge < -0.3 is 25.4 Å². The van der Waals surface area contributed by atoms with Crippen LogP contribution in [0.25, 0.3) is 11.4 Å². The lowest BCUT2D eigenvalue weighted by Gasteiger charge is -2.12. The van der Waals surface area contributed by atoms with Gasteiger partial charge in [0.1, 0.15) is 0 Å². The first-order chi connectivity index (χ1) is 13.9. The Morgan fingerprint density at radius 2 is 2.07 bits per heavy atom. The van der Waals surface area contributed by atoms with Gasteiger partial charge in [0.2, 0.25) is 17.6 Å². The third-order valence-corrected chi connectivity index (χ3v) is 4.02. The van der Waals surface area contributed by atoms with Crippen LogP contribution in [-0.2, 0) is 11.2 Å². The van der Waals surface area contributed by atoms with Gasteiger partial charge in [0.15, 0.2) is 11.6 Å². The largest absolute Gasteiger partial charge is 0.494 e. The summed E-state index contributed by atoms with van der Waals surface area (Å²) in [6.45, 7) is 0. The van der Waals surface area contributed by atoms with Crippen molar-refractivity contribution < 1.29 is 28.3 Å². The lowest BCUT2D eigenvalue weighted by Crippen LogP contribution is -2.37. The van der Waals surface area contributed by atoms with Gasteiger partial charge in [-0.2, -0.15) is 4.98 Å². The third-order valence-electron chi connectivity index (χ3n) is 4.02. The maximum Gasteiger partial charge on any atom is 0.337 e. The molecular formula is C19H17FN4O5. The summed E-state index contributed by atoms with van der Waals surface area (Å²) in [4.78, 5) is 27.7. The number of para-hydroxylation sites is 1. The maximum absolute atomic E-state index is 13.5. The molecule has 150 valence electrons. The summed E-state index contributed by atoms with van der Waals surface area (Å²) in [5.74, 6) is -2.01. The van der Waals surface area contributed by atoms with Gasteiger partial charge in [-0.3, -0.25) is 4.79 Å². The second-order valence-electron chi connectivity index (χ2n) is 6.01. The third kappa shape index (κ3) is 4.55. The van der Waals surface area contributed by atoms with Crippen molar-refractivity contribution in [3.05, 3.63) is 59.7 Å². The van der Waals surface area contributed by atoms with Crippen molar-refractivity contribution in [2.75, 3.05) is 12.4 Å². The van der Waals surface area contributed by atoms with Crippen LogP contribution in [0.5, 0.6) is 5.75 Å². The molecule has 0 radical (unpaired) electrons. The summed E-state index contributed by atoms with van der Waals surface area (Å²) in [5, 5.41) is 15.4. The van der Waals surface area contributed by atoms with Gasteiger partial charge >= 0.3 is 5.97 Å². The fourth-order valence-corrected chi connectivity index (χ4v) is 2.54. The van der Waals surface area contributed by atoms with E-state index in [0.29, 0.717) is 5.56 Å². The fourth-order valence-electron chi connectivity index (χ4n) is 2.54. The van der Waals surface area contributed by atoms with Crippen molar-refractivity contribution in [1.82, 2.24) is 10.1 Å². The zero-order valence-corrected chi connectivity index (χ0v) is 15.3. The Labute approximate surface area is 164 Å². The van der Waals surface area contributed by atoms with Crippen molar-refractivity contribution in [3.63, 3.8) is 0 Å². The van der Waals surface area contributed by atoms with Crippen molar-refractivity contribution >= 4 is 17.6 Å². The molecule has 1 unspecified atom stereocenters. The highest BCUT2D eigenvalue weighted by Crippen LogP contribution is 2.24. The number of benzene rings is 2. The van der Waals surface area contributed by atoms with E-state index in [1.807, 2.05) is 0 Å². The molecule has 0 fully saturated rings. The van der Waals surface area contributed by atoms with Gasteiger partial charge in [-0.15, -0.1) is 0 Å². The summed E-state index contributed by atoms with van der Waals surface area (Å²) in [5.41, 5.74) is 6.42. The Hall–Kier alpha value is -3.79. The number of methoxy groups -OCH3 is 1. The molecule has 9 nitrogen and oxygen atoms in total. The number of nitrogens with one attached hydrogen (secondary N) is 1. The summed E-state index contributed by atoms with van der Waals surface area (Å²) in [6.07, 6.45) is -0.0770. The van der Waals surface area contributed by atoms with Gasteiger partial charge in [0.25, 0.3) is 0 Å². The highest BCUT2D eigenvalue weighted by molar-refractivity contribution is 6.02. The summed E-state index contributed by atoms with van der Waals surface area (Å²) >= 11 is 0. The molecule has 0 aliphatic heterocycles. The highest BCUT2D eigenvalue weighted by Gasteiger charge is 2.21. The number of carbonyl (C=O) groups is 2. The number of nitrogens with zero attached hydrogens (tertiary/aromatic N) is 2. The van der Waals surface area contributed by atoms with E-state index in [9.17, 15) is 14.0 Å². The molecule has 1 amide bonds.